The molecule has 0 radical (unpaired) electrons. The van der Waals surface area contributed by atoms with Gasteiger partial charge < -0.3 is 10.1 Å². The van der Waals surface area contributed by atoms with Crippen LogP contribution in [0.1, 0.15) is 41.3 Å². The molecule has 0 fully saturated rings. The number of para-hydroxylation sites is 1. The van der Waals surface area contributed by atoms with Crippen molar-refractivity contribution in [2.45, 2.75) is 33.1 Å². The van der Waals surface area contributed by atoms with Gasteiger partial charge in [-0.05, 0) is 53.8 Å². The summed E-state index contributed by atoms with van der Waals surface area (Å²) in [6.07, 6.45) is 4.89. The minimum atomic E-state index is -1.05. The van der Waals surface area contributed by atoms with Crippen LogP contribution in [-0.4, -0.2) is 16.1 Å². The van der Waals surface area contributed by atoms with Gasteiger partial charge in [-0.15, -0.1) is 0 Å². The highest BCUT2D eigenvalue weighted by atomic mass is 19.1. The topological polar surface area (TPSA) is 53.1 Å². The molecule has 1 heterocycles. The molecule has 0 saturated heterocycles. The Morgan fingerprint density at radius 3 is 2.69 bits per heavy atom. The monoisotopic (exact) mass is 351 g/mol. The largest absolute Gasteiger partial charge is 0.478 e. The highest BCUT2D eigenvalue weighted by molar-refractivity contribution is 5.85. The zero-order chi connectivity index (χ0) is 18.7. The first-order valence-corrected chi connectivity index (χ1v) is 8.78. The van der Waals surface area contributed by atoms with Crippen molar-refractivity contribution in [3.8, 4) is 0 Å². The van der Waals surface area contributed by atoms with Crippen molar-refractivity contribution in [3.63, 3.8) is 0 Å². The third-order valence-corrected chi connectivity index (χ3v) is 4.61. The maximum Gasteiger partial charge on any atom is 0.328 e. The average Bonchev–Trinajstić information content (AvgIpc) is 2.94. The van der Waals surface area contributed by atoms with Crippen LogP contribution in [0, 0.1) is 12.7 Å². The lowest BCUT2D eigenvalue weighted by Gasteiger charge is -2.10. The number of aromatic amines is 1. The van der Waals surface area contributed by atoms with E-state index in [4.69, 9.17) is 5.11 Å². The van der Waals surface area contributed by atoms with Crippen LogP contribution in [0.15, 0.2) is 42.5 Å². The second kappa shape index (κ2) is 7.56. The molecule has 2 aromatic carbocycles. The number of nitrogens with one attached hydrogen (secondary N) is 1. The molecule has 0 aliphatic carbocycles. The van der Waals surface area contributed by atoms with E-state index in [-0.39, 0.29) is 5.82 Å². The number of hydrogen-bond donors (Lipinski definition) is 2. The molecular weight excluding hydrogens is 329 g/mol. The lowest BCUT2D eigenvalue weighted by Crippen LogP contribution is -2.00. The van der Waals surface area contributed by atoms with Crippen LogP contribution in [0.2, 0.25) is 0 Å². The van der Waals surface area contributed by atoms with Gasteiger partial charge in [0.05, 0.1) is 0 Å². The summed E-state index contributed by atoms with van der Waals surface area (Å²) in [6, 6.07) is 11.4. The number of carboxylic acid groups (broad SMARTS) is 1. The summed E-state index contributed by atoms with van der Waals surface area (Å²) in [7, 11) is 0. The van der Waals surface area contributed by atoms with Gasteiger partial charge >= 0.3 is 5.97 Å². The van der Waals surface area contributed by atoms with Gasteiger partial charge in [-0.25, -0.2) is 9.18 Å². The van der Waals surface area contributed by atoms with E-state index in [0.717, 1.165) is 35.7 Å². The smallest absolute Gasteiger partial charge is 0.328 e. The van der Waals surface area contributed by atoms with Gasteiger partial charge in [0.1, 0.15) is 5.82 Å². The first kappa shape index (κ1) is 17.9. The van der Waals surface area contributed by atoms with E-state index < -0.39 is 5.97 Å². The summed E-state index contributed by atoms with van der Waals surface area (Å²) in [5.74, 6) is -1.36. The molecule has 2 N–H and O–H groups in total. The first-order chi connectivity index (χ1) is 12.5. The predicted molar refractivity (Wildman–Crippen MR) is 103 cm³/mol. The molecule has 0 bridgehead atoms. The number of aromatic nitrogens is 1. The summed E-state index contributed by atoms with van der Waals surface area (Å²) in [4.78, 5) is 14.1. The number of aliphatic carboxylic acids is 1. The molecular formula is C22H22FNO2. The molecule has 3 aromatic rings. The minimum absolute atomic E-state index is 0.309. The Balaban J connectivity index is 2.00. The molecule has 4 heteroatoms. The van der Waals surface area contributed by atoms with Crippen LogP contribution in [0.4, 0.5) is 4.39 Å². The van der Waals surface area contributed by atoms with Crippen LogP contribution < -0.4 is 0 Å². The molecule has 0 unspecified atom stereocenters. The van der Waals surface area contributed by atoms with E-state index in [1.54, 1.807) is 0 Å². The van der Waals surface area contributed by atoms with Crippen molar-refractivity contribution in [2.75, 3.05) is 0 Å². The van der Waals surface area contributed by atoms with Crippen molar-refractivity contribution in [3.05, 3.63) is 76.2 Å². The van der Waals surface area contributed by atoms with E-state index in [1.807, 2.05) is 31.2 Å². The van der Waals surface area contributed by atoms with Crippen LogP contribution in [0.5, 0.6) is 0 Å². The van der Waals surface area contributed by atoms with Gasteiger partial charge in [0, 0.05) is 29.1 Å². The number of aryl methyl sites for hydroxylation is 2. The van der Waals surface area contributed by atoms with E-state index >= 15 is 0 Å². The summed E-state index contributed by atoms with van der Waals surface area (Å²) in [6.45, 7) is 4.00. The fourth-order valence-electron chi connectivity index (χ4n) is 3.41. The van der Waals surface area contributed by atoms with Crippen LogP contribution in [0.25, 0.3) is 17.0 Å². The van der Waals surface area contributed by atoms with Gasteiger partial charge in [-0.1, -0.05) is 37.6 Å². The number of hydrogen-bond acceptors (Lipinski definition) is 1. The van der Waals surface area contributed by atoms with E-state index in [1.165, 1.54) is 23.1 Å². The SMILES string of the molecule is CCCc1c(Cc2c(C)cc(/C=C/C(=O)O)cc2F)[nH]c2ccccc12. The molecule has 3 nitrogen and oxygen atoms in total. The molecule has 0 saturated carbocycles. The predicted octanol–water partition coefficient (Wildman–Crippen LogP) is 5.26. The number of benzene rings is 2. The number of rotatable bonds is 6. The number of carbonyl (C=O) groups is 1. The zero-order valence-corrected chi connectivity index (χ0v) is 15.0. The van der Waals surface area contributed by atoms with Gasteiger partial charge in [0.25, 0.3) is 0 Å². The second-order valence-corrected chi connectivity index (χ2v) is 6.52. The van der Waals surface area contributed by atoms with Crippen molar-refractivity contribution < 1.29 is 14.3 Å². The second-order valence-electron chi connectivity index (χ2n) is 6.52. The average molecular weight is 351 g/mol. The molecule has 1 aromatic heterocycles. The normalized spacial score (nSPS) is 11.5. The van der Waals surface area contributed by atoms with Gasteiger partial charge in [-0.2, -0.15) is 0 Å². The van der Waals surface area contributed by atoms with Crippen molar-refractivity contribution in [1.29, 1.82) is 0 Å². The summed E-state index contributed by atoms with van der Waals surface area (Å²) >= 11 is 0. The van der Waals surface area contributed by atoms with Crippen molar-refractivity contribution in [1.82, 2.24) is 4.98 Å². The Morgan fingerprint density at radius 2 is 2.00 bits per heavy atom. The highest BCUT2D eigenvalue weighted by Gasteiger charge is 2.15. The number of halogens is 1. The Morgan fingerprint density at radius 1 is 1.23 bits per heavy atom. The van der Waals surface area contributed by atoms with Gasteiger partial charge in [-0.3, -0.25) is 0 Å². The fraction of sp³-hybridized carbons (Fsp3) is 0.227. The quantitative estimate of drug-likeness (QED) is 0.596. The first-order valence-electron chi connectivity index (χ1n) is 8.78. The van der Waals surface area contributed by atoms with Crippen LogP contribution in [0.3, 0.4) is 0 Å². The van der Waals surface area contributed by atoms with Crippen molar-refractivity contribution in [2.24, 2.45) is 0 Å². The molecule has 0 spiro atoms. The molecule has 0 atom stereocenters. The van der Waals surface area contributed by atoms with Crippen LogP contribution in [-0.2, 0) is 17.6 Å². The standard InChI is InChI=1S/C22H22FNO2/c1-3-6-16-17-7-4-5-8-20(17)24-21(16)13-18-14(2)11-15(12-19(18)23)9-10-22(25)26/h4-5,7-12,24H,3,6,13H2,1-2H3,(H,25,26)/b10-9+. The molecule has 0 aliphatic rings. The third kappa shape index (κ3) is 3.69. The maximum absolute atomic E-state index is 14.7. The minimum Gasteiger partial charge on any atom is -0.478 e. The Kier molecular flexibility index (Phi) is 5.21. The van der Waals surface area contributed by atoms with Crippen LogP contribution >= 0.6 is 0 Å². The van der Waals surface area contributed by atoms with Gasteiger partial charge in [0.2, 0.25) is 0 Å². The summed E-state index contributed by atoms with van der Waals surface area (Å²) in [5, 5.41) is 9.93. The molecule has 3 rings (SSSR count). The lowest BCUT2D eigenvalue weighted by atomic mass is 9.97. The van der Waals surface area contributed by atoms with E-state index in [0.29, 0.717) is 17.5 Å². The molecule has 0 amide bonds. The lowest BCUT2D eigenvalue weighted by molar-refractivity contribution is -0.131. The Labute approximate surface area is 152 Å². The Hall–Kier alpha value is -2.88. The summed E-state index contributed by atoms with van der Waals surface area (Å²) < 4.78 is 14.7. The number of fused-ring (bicyclic) bond motifs is 1. The molecule has 0 aliphatic heterocycles. The van der Waals surface area contributed by atoms with E-state index in [2.05, 4.69) is 18.0 Å². The number of carboxylic acids is 1. The summed E-state index contributed by atoms with van der Waals surface area (Å²) in [5.41, 5.74) is 5.37. The zero-order valence-electron chi connectivity index (χ0n) is 15.0. The molecule has 26 heavy (non-hydrogen) atoms. The van der Waals surface area contributed by atoms with Crippen molar-refractivity contribution >= 4 is 22.9 Å². The Bertz CT molecular complexity index is 962. The molecule has 134 valence electrons. The fourth-order valence-corrected chi connectivity index (χ4v) is 3.41. The maximum atomic E-state index is 14.7. The third-order valence-electron chi connectivity index (χ3n) is 4.61. The highest BCUT2D eigenvalue weighted by Crippen LogP contribution is 2.28. The van der Waals surface area contributed by atoms with Gasteiger partial charge in [0.15, 0.2) is 0 Å². The van der Waals surface area contributed by atoms with E-state index in [9.17, 15) is 9.18 Å². The number of H-pyrrole nitrogens is 1.